The van der Waals surface area contributed by atoms with Crippen molar-refractivity contribution in [3.05, 3.63) is 89.6 Å². The molecule has 4 amide bonds. The molecule has 200 valence electrons. The van der Waals surface area contributed by atoms with Crippen molar-refractivity contribution in [1.29, 1.82) is 0 Å². The first-order chi connectivity index (χ1) is 19.3. The number of rotatable bonds is 4. The Morgan fingerprint density at radius 1 is 0.975 bits per heavy atom. The standard InChI is InChI=1S/C31H27N5O4/c1-16-6-5-8-22-27(16)34-30(40)31(22)26-25(24(35-31)14-18-15-32-23-9-4-3-7-21(18)23)28(38)36(29(26)39)20-12-10-19(11-13-20)33-17(2)37/h3-13,15,24-26,32,35H,14H2,1-2H3,(H,33,37)(H,34,40). The van der Waals surface area contributed by atoms with Crippen molar-refractivity contribution in [2.24, 2.45) is 11.8 Å². The number of anilines is 3. The first-order valence-electron chi connectivity index (χ1n) is 13.3. The monoisotopic (exact) mass is 533 g/mol. The van der Waals surface area contributed by atoms with E-state index in [0.29, 0.717) is 29.0 Å². The van der Waals surface area contributed by atoms with E-state index in [0.717, 1.165) is 22.0 Å². The number of nitrogens with one attached hydrogen (secondary N) is 4. The average molecular weight is 534 g/mol. The summed E-state index contributed by atoms with van der Waals surface area (Å²) in [6, 6.07) is 19.7. The zero-order valence-corrected chi connectivity index (χ0v) is 21.9. The Morgan fingerprint density at radius 2 is 1.75 bits per heavy atom. The van der Waals surface area contributed by atoms with Crippen molar-refractivity contribution < 1.29 is 19.2 Å². The molecule has 4 unspecified atom stereocenters. The Balaban J connectivity index is 1.34. The number of aromatic nitrogens is 1. The third-order valence-electron chi connectivity index (χ3n) is 8.52. The lowest BCUT2D eigenvalue weighted by Crippen LogP contribution is -2.53. The summed E-state index contributed by atoms with van der Waals surface area (Å²) in [5.74, 6) is -2.98. The van der Waals surface area contributed by atoms with Gasteiger partial charge in [0.05, 0.1) is 17.5 Å². The number of aryl methyl sites for hydroxylation is 1. The molecule has 2 fully saturated rings. The highest BCUT2D eigenvalue weighted by Crippen LogP contribution is 2.54. The number of H-pyrrole nitrogens is 1. The SMILES string of the molecule is CC(=O)Nc1ccc(N2C(=O)C3C(Cc4c[nH]c5ccccc45)NC4(C(=O)Nc5c(C)cccc54)C3C2=O)cc1. The molecule has 0 aliphatic carbocycles. The maximum atomic E-state index is 14.2. The lowest BCUT2D eigenvalue weighted by atomic mass is 9.76. The van der Waals surface area contributed by atoms with Crippen LogP contribution in [-0.2, 0) is 31.1 Å². The van der Waals surface area contributed by atoms with Gasteiger partial charge in [0.2, 0.25) is 23.6 Å². The highest BCUT2D eigenvalue weighted by Gasteiger charge is 2.70. The van der Waals surface area contributed by atoms with Gasteiger partial charge in [0.1, 0.15) is 5.54 Å². The second-order valence-electron chi connectivity index (χ2n) is 10.8. The lowest BCUT2D eigenvalue weighted by molar-refractivity contribution is -0.130. The van der Waals surface area contributed by atoms with E-state index in [1.165, 1.54) is 11.8 Å². The molecule has 2 saturated heterocycles. The number of carbonyl (C=O) groups excluding carboxylic acids is 4. The van der Waals surface area contributed by atoms with Crippen molar-refractivity contribution in [3.8, 4) is 0 Å². The molecule has 1 spiro atoms. The molecule has 7 rings (SSSR count). The molecule has 0 saturated carbocycles. The highest BCUT2D eigenvalue weighted by atomic mass is 16.2. The molecular formula is C31H27N5O4. The quantitative estimate of drug-likeness (QED) is 0.299. The van der Waals surface area contributed by atoms with Crippen LogP contribution in [0.2, 0.25) is 0 Å². The molecule has 40 heavy (non-hydrogen) atoms. The molecule has 1 aromatic heterocycles. The normalized spacial score (nSPS) is 25.0. The number of nitrogens with zero attached hydrogens (tertiary/aromatic N) is 1. The minimum Gasteiger partial charge on any atom is -0.361 e. The second-order valence-corrected chi connectivity index (χ2v) is 10.8. The number of amides is 4. The van der Waals surface area contributed by atoms with E-state index in [1.54, 1.807) is 24.3 Å². The topological polar surface area (TPSA) is 123 Å². The van der Waals surface area contributed by atoms with Crippen LogP contribution < -0.4 is 20.9 Å². The summed E-state index contributed by atoms with van der Waals surface area (Å²) in [4.78, 5) is 58.2. The van der Waals surface area contributed by atoms with Crippen molar-refractivity contribution in [3.63, 3.8) is 0 Å². The number of carbonyl (C=O) groups is 4. The summed E-state index contributed by atoms with van der Waals surface area (Å²) in [5, 5.41) is 10.3. The van der Waals surface area contributed by atoms with Crippen LogP contribution in [0.15, 0.2) is 72.9 Å². The maximum Gasteiger partial charge on any atom is 0.250 e. The molecular weight excluding hydrogens is 506 g/mol. The van der Waals surface area contributed by atoms with Gasteiger partial charge in [-0.3, -0.25) is 24.5 Å². The largest absolute Gasteiger partial charge is 0.361 e. The minimum absolute atomic E-state index is 0.218. The van der Waals surface area contributed by atoms with Gasteiger partial charge in [-0.05, 0) is 54.8 Å². The number of hydrogen-bond donors (Lipinski definition) is 4. The number of benzene rings is 3. The third kappa shape index (κ3) is 3.31. The van der Waals surface area contributed by atoms with Crippen LogP contribution in [0.25, 0.3) is 10.9 Å². The maximum absolute atomic E-state index is 14.2. The van der Waals surface area contributed by atoms with E-state index in [1.807, 2.05) is 55.6 Å². The van der Waals surface area contributed by atoms with Gasteiger partial charge in [-0.2, -0.15) is 0 Å². The zero-order valence-electron chi connectivity index (χ0n) is 21.9. The number of para-hydroxylation sites is 2. The van der Waals surface area contributed by atoms with Gasteiger partial charge >= 0.3 is 0 Å². The lowest BCUT2D eigenvalue weighted by Gasteiger charge is -2.29. The molecule has 3 aliphatic heterocycles. The van der Waals surface area contributed by atoms with Crippen molar-refractivity contribution in [2.75, 3.05) is 15.5 Å². The molecule has 4 aromatic rings. The molecule has 0 radical (unpaired) electrons. The Morgan fingerprint density at radius 3 is 2.52 bits per heavy atom. The summed E-state index contributed by atoms with van der Waals surface area (Å²) in [6.07, 6.45) is 2.38. The molecule has 9 nitrogen and oxygen atoms in total. The van der Waals surface area contributed by atoms with E-state index in [4.69, 9.17) is 0 Å². The van der Waals surface area contributed by atoms with E-state index in [-0.39, 0.29) is 17.7 Å². The van der Waals surface area contributed by atoms with Gasteiger partial charge in [0, 0.05) is 47.0 Å². The summed E-state index contributed by atoms with van der Waals surface area (Å²) < 4.78 is 0. The Hall–Kier alpha value is -4.76. The van der Waals surface area contributed by atoms with Crippen molar-refractivity contribution in [1.82, 2.24) is 10.3 Å². The molecule has 4 N–H and O–H groups in total. The Labute approximate surface area is 229 Å². The van der Waals surface area contributed by atoms with E-state index < -0.39 is 29.3 Å². The predicted octanol–water partition coefficient (Wildman–Crippen LogP) is 3.60. The number of aromatic amines is 1. The smallest absolute Gasteiger partial charge is 0.250 e. The van der Waals surface area contributed by atoms with Crippen LogP contribution in [0.5, 0.6) is 0 Å². The van der Waals surface area contributed by atoms with Crippen LogP contribution in [0.1, 0.15) is 23.6 Å². The van der Waals surface area contributed by atoms with Gasteiger partial charge in [-0.1, -0.05) is 36.4 Å². The summed E-state index contributed by atoms with van der Waals surface area (Å²) >= 11 is 0. The molecule has 4 heterocycles. The second kappa shape index (κ2) is 8.62. The van der Waals surface area contributed by atoms with Crippen LogP contribution in [0.4, 0.5) is 17.1 Å². The fourth-order valence-electron chi connectivity index (χ4n) is 6.84. The zero-order chi connectivity index (χ0) is 27.8. The number of fused-ring (bicyclic) bond motifs is 5. The number of hydrogen-bond acceptors (Lipinski definition) is 5. The summed E-state index contributed by atoms with van der Waals surface area (Å²) in [7, 11) is 0. The van der Waals surface area contributed by atoms with Crippen LogP contribution in [-0.4, -0.2) is 34.7 Å². The molecule has 4 atom stereocenters. The average Bonchev–Trinajstić information content (AvgIpc) is 3.64. The van der Waals surface area contributed by atoms with Gasteiger partial charge in [0.25, 0.3) is 0 Å². The van der Waals surface area contributed by atoms with Crippen LogP contribution in [0, 0.1) is 18.8 Å². The molecule has 3 aliphatic rings. The van der Waals surface area contributed by atoms with Crippen LogP contribution in [0.3, 0.4) is 0 Å². The molecule has 0 bridgehead atoms. The van der Waals surface area contributed by atoms with Gasteiger partial charge in [-0.25, -0.2) is 4.90 Å². The van der Waals surface area contributed by atoms with Crippen LogP contribution >= 0.6 is 0 Å². The fourth-order valence-corrected chi connectivity index (χ4v) is 6.84. The molecule has 9 heteroatoms. The van der Waals surface area contributed by atoms with E-state index in [2.05, 4.69) is 20.9 Å². The first kappa shape index (κ1) is 24.3. The fraction of sp³-hybridized carbons (Fsp3) is 0.226. The highest BCUT2D eigenvalue weighted by molar-refractivity contribution is 6.26. The van der Waals surface area contributed by atoms with E-state index >= 15 is 0 Å². The van der Waals surface area contributed by atoms with Gasteiger partial charge < -0.3 is 15.6 Å². The predicted molar refractivity (Wildman–Crippen MR) is 151 cm³/mol. The van der Waals surface area contributed by atoms with Crippen molar-refractivity contribution >= 4 is 51.6 Å². The summed E-state index contributed by atoms with van der Waals surface area (Å²) in [5.41, 5.74) is 3.85. The van der Waals surface area contributed by atoms with Gasteiger partial charge in [-0.15, -0.1) is 0 Å². The first-order valence-corrected chi connectivity index (χ1v) is 13.3. The Bertz CT molecular complexity index is 1740. The molecule has 3 aromatic carbocycles. The Kier molecular flexibility index (Phi) is 5.24. The third-order valence-corrected chi connectivity index (χ3v) is 8.52. The summed E-state index contributed by atoms with van der Waals surface area (Å²) in [6.45, 7) is 3.33. The van der Waals surface area contributed by atoms with E-state index in [9.17, 15) is 19.2 Å². The number of imide groups is 1. The minimum atomic E-state index is -1.37. The van der Waals surface area contributed by atoms with Gasteiger partial charge in [0.15, 0.2) is 0 Å². The van der Waals surface area contributed by atoms with Crippen molar-refractivity contribution in [2.45, 2.75) is 31.8 Å².